The van der Waals surface area contributed by atoms with E-state index in [1.807, 2.05) is 6.07 Å². The Bertz CT molecular complexity index is 347. The molecule has 0 radical (unpaired) electrons. The largest absolute Gasteiger partial charge is 0.381 e. The van der Waals surface area contributed by atoms with E-state index in [1.54, 1.807) is 6.07 Å². The summed E-state index contributed by atoms with van der Waals surface area (Å²) in [6, 6.07) is 5.11. The maximum atomic E-state index is 13.4. The van der Waals surface area contributed by atoms with Crippen molar-refractivity contribution in [2.45, 2.75) is 25.8 Å². The zero-order chi connectivity index (χ0) is 10.2. The number of halogens is 1. The lowest BCUT2D eigenvalue weighted by Gasteiger charge is -2.24. The van der Waals surface area contributed by atoms with E-state index in [9.17, 15) is 4.39 Å². The first-order valence-corrected chi connectivity index (χ1v) is 4.89. The monoisotopic (exact) mass is 194 g/mol. The van der Waals surface area contributed by atoms with Gasteiger partial charge in [-0.05, 0) is 32.4 Å². The summed E-state index contributed by atoms with van der Waals surface area (Å²) in [6.07, 6.45) is 0.973. The van der Waals surface area contributed by atoms with Crippen molar-refractivity contribution in [3.8, 4) is 0 Å². The molecule has 0 fully saturated rings. The Labute approximate surface area is 83.5 Å². The summed E-state index contributed by atoms with van der Waals surface area (Å²) < 4.78 is 13.4. The summed E-state index contributed by atoms with van der Waals surface area (Å²) in [4.78, 5) is 0. The standard InChI is InChI=1S/C11H15FN2/c1-11(2)6-7-13-10-8(12)4-3-5-9(10)14-11/h3-5,13-14H,6-7H2,1-2H3. The van der Waals surface area contributed by atoms with Crippen LogP contribution in [0.3, 0.4) is 0 Å². The van der Waals surface area contributed by atoms with Crippen LogP contribution < -0.4 is 10.6 Å². The van der Waals surface area contributed by atoms with Gasteiger partial charge in [-0.3, -0.25) is 0 Å². The first-order chi connectivity index (χ1) is 6.58. The van der Waals surface area contributed by atoms with Gasteiger partial charge >= 0.3 is 0 Å². The van der Waals surface area contributed by atoms with Crippen LogP contribution in [0.4, 0.5) is 15.8 Å². The number of benzene rings is 1. The van der Waals surface area contributed by atoms with Gasteiger partial charge in [-0.1, -0.05) is 6.07 Å². The maximum absolute atomic E-state index is 13.4. The number of anilines is 2. The number of nitrogens with one attached hydrogen (secondary N) is 2. The van der Waals surface area contributed by atoms with Gasteiger partial charge in [0.05, 0.1) is 11.4 Å². The molecule has 1 aromatic carbocycles. The normalized spacial score (nSPS) is 18.8. The van der Waals surface area contributed by atoms with Gasteiger partial charge in [-0.2, -0.15) is 0 Å². The molecule has 2 rings (SSSR count). The fourth-order valence-electron chi connectivity index (χ4n) is 1.74. The third kappa shape index (κ3) is 1.67. The third-order valence-electron chi connectivity index (χ3n) is 2.54. The fraction of sp³-hybridized carbons (Fsp3) is 0.455. The number of hydrogen-bond acceptors (Lipinski definition) is 2. The van der Waals surface area contributed by atoms with E-state index in [4.69, 9.17) is 0 Å². The Hall–Kier alpha value is -1.25. The van der Waals surface area contributed by atoms with Crippen molar-refractivity contribution in [1.29, 1.82) is 0 Å². The van der Waals surface area contributed by atoms with Crippen LogP contribution in [0.1, 0.15) is 20.3 Å². The molecule has 0 spiro atoms. The van der Waals surface area contributed by atoms with Crippen LogP contribution in [0.5, 0.6) is 0 Å². The fourth-order valence-corrected chi connectivity index (χ4v) is 1.74. The van der Waals surface area contributed by atoms with Crippen LogP contribution in [0.2, 0.25) is 0 Å². The average Bonchev–Trinajstić information content (AvgIpc) is 2.23. The van der Waals surface area contributed by atoms with Gasteiger partial charge in [0.25, 0.3) is 0 Å². The number of para-hydroxylation sites is 1. The first-order valence-electron chi connectivity index (χ1n) is 4.89. The second-order valence-electron chi connectivity index (χ2n) is 4.35. The van der Waals surface area contributed by atoms with Crippen LogP contribution in [0.25, 0.3) is 0 Å². The molecule has 1 heterocycles. The quantitative estimate of drug-likeness (QED) is 0.663. The SMILES string of the molecule is CC1(C)CCNc2c(F)cccc2N1. The number of hydrogen-bond donors (Lipinski definition) is 2. The molecule has 1 aliphatic heterocycles. The molecule has 3 heteroatoms. The highest BCUT2D eigenvalue weighted by Crippen LogP contribution is 2.31. The van der Waals surface area contributed by atoms with E-state index in [2.05, 4.69) is 24.5 Å². The zero-order valence-corrected chi connectivity index (χ0v) is 8.52. The summed E-state index contributed by atoms with van der Waals surface area (Å²) in [5, 5.41) is 6.45. The van der Waals surface area contributed by atoms with Crippen LogP contribution in [0, 0.1) is 5.82 Å². The molecule has 0 saturated heterocycles. The van der Waals surface area contributed by atoms with Crippen molar-refractivity contribution >= 4 is 11.4 Å². The number of rotatable bonds is 0. The average molecular weight is 194 g/mol. The number of fused-ring (bicyclic) bond motifs is 1. The van der Waals surface area contributed by atoms with Gasteiger partial charge in [0.2, 0.25) is 0 Å². The van der Waals surface area contributed by atoms with Gasteiger partial charge in [-0.25, -0.2) is 4.39 Å². The summed E-state index contributed by atoms with van der Waals surface area (Å²) in [6.45, 7) is 5.04. The molecule has 0 bridgehead atoms. The highest BCUT2D eigenvalue weighted by Gasteiger charge is 2.22. The molecule has 0 saturated carbocycles. The zero-order valence-electron chi connectivity index (χ0n) is 8.52. The summed E-state index contributed by atoms with van der Waals surface area (Å²) in [5.41, 5.74) is 1.47. The highest BCUT2D eigenvalue weighted by atomic mass is 19.1. The lowest BCUT2D eigenvalue weighted by molar-refractivity contribution is 0.540. The van der Waals surface area contributed by atoms with E-state index in [-0.39, 0.29) is 11.4 Å². The maximum Gasteiger partial charge on any atom is 0.148 e. The van der Waals surface area contributed by atoms with E-state index < -0.39 is 0 Å². The van der Waals surface area contributed by atoms with Crippen molar-refractivity contribution in [2.75, 3.05) is 17.2 Å². The van der Waals surface area contributed by atoms with Gasteiger partial charge in [0.1, 0.15) is 5.82 Å². The Morgan fingerprint density at radius 3 is 2.93 bits per heavy atom. The second kappa shape index (κ2) is 3.15. The smallest absolute Gasteiger partial charge is 0.148 e. The molecule has 0 unspecified atom stereocenters. The summed E-state index contributed by atoms with van der Waals surface area (Å²) in [5.74, 6) is -0.187. The predicted molar refractivity (Wildman–Crippen MR) is 57.2 cm³/mol. The molecule has 0 aliphatic carbocycles. The van der Waals surface area contributed by atoms with Crippen LogP contribution in [-0.2, 0) is 0 Å². The van der Waals surface area contributed by atoms with Crippen molar-refractivity contribution in [3.05, 3.63) is 24.0 Å². The second-order valence-corrected chi connectivity index (χ2v) is 4.35. The Morgan fingerprint density at radius 1 is 1.36 bits per heavy atom. The summed E-state index contributed by atoms with van der Waals surface area (Å²) >= 11 is 0. The van der Waals surface area contributed by atoms with Crippen LogP contribution in [-0.4, -0.2) is 12.1 Å². The lowest BCUT2D eigenvalue weighted by atomic mass is 10.0. The van der Waals surface area contributed by atoms with Crippen LogP contribution >= 0.6 is 0 Å². The molecule has 14 heavy (non-hydrogen) atoms. The minimum absolute atomic E-state index is 0.0199. The molecule has 76 valence electrons. The molecule has 2 N–H and O–H groups in total. The van der Waals surface area contributed by atoms with Gasteiger partial charge in [-0.15, -0.1) is 0 Å². The molecule has 1 aromatic rings. The van der Waals surface area contributed by atoms with Gasteiger partial charge < -0.3 is 10.6 Å². The van der Waals surface area contributed by atoms with E-state index in [1.165, 1.54) is 6.07 Å². The minimum Gasteiger partial charge on any atom is -0.381 e. The van der Waals surface area contributed by atoms with Gasteiger partial charge in [0, 0.05) is 12.1 Å². The first kappa shape index (κ1) is 9.31. The Kier molecular flexibility index (Phi) is 2.10. The topological polar surface area (TPSA) is 24.1 Å². The highest BCUT2D eigenvalue weighted by molar-refractivity contribution is 5.70. The van der Waals surface area contributed by atoms with Gasteiger partial charge in [0.15, 0.2) is 0 Å². The van der Waals surface area contributed by atoms with Crippen molar-refractivity contribution in [2.24, 2.45) is 0 Å². The van der Waals surface area contributed by atoms with Crippen molar-refractivity contribution in [3.63, 3.8) is 0 Å². The molecule has 0 amide bonds. The molecule has 1 aliphatic rings. The third-order valence-corrected chi connectivity index (χ3v) is 2.54. The molecule has 2 nitrogen and oxygen atoms in total. The molecule has 0 aromatic heterocycles. The molecular weight excluding hydrogens is 179 g/mol. The minimum atomic E-state index is -0.187. The van der Waals surface area contributed by atoms with Crippen LogP contribution in [0.15, 0.2) is 18.2 Å². The Morgan fingerprint density at radius 2 is 2.14 bits per heavy atom. The van der Waals surface area contributed by atoms with Crippen molar-refractivity contribution < 1.29 is 4.39 Å². The molecule has 0 atom stereocenters. The summed E-state index contributed by atoms with van der Waals surface area (Å²) in [7, 11) is 0. The molecular formula is C11H15FN2. The van der Waals surface area contributed by atoms with E-state index >= 15 is 0 Å². The van der Waals surface area contributed by atoms with Crippen molar-refractivity contribution in [1.82, 2.24) is 0 Å². The Balaban J connectivity index is 2.42. The predicted octanol–water partition coefficient (Wildman–Crippen LogP) is 2.83. The van der Waals surface area contributed by atoms with E-state index in [0.29, 0.717) is 5.69 Å². The van der Waals surface area contributed by atoms with E-state index in [0.717, 1.165) is 18.7 Å². The lowest BCUT2D eigenvalue weighted by Crippen LogP contribution is -2.30.